The van der Waals surface area contributed by atoms with E-state index in [0.29, 0.717) is 17.1 Å². The van der Waals surface area contributed by atoms with E-state index >= 15 is 0 Å². The number of morpholine rings is 1. The van der Waals surface area contributed by atoms with Gasteiger partial charge < -0.3 is 9.64 Å². The van der Waals surface area contributed by atoms with E-state index in [2.05, 4.69) is 21.8 Å². The first kappa shape index (κ1) is 11.6. The lowest BCUT2D eigenvalue weighted by atomic mass is 10.2. The molecule has 2 rings (SSSR count). The largest absolute Gasteiger partial charge is 0.375 e. The molecule has 1 aliphatic rings. The van der Waals surface area contributed by atoms with Gasteiger partial charge in [0, 0.05) is 19.2 Å². The van der Waals surface area contributed by atoms with Crippen molar-refractivity contribution in [3.8, 4) is 0 Å². The second-order valence-electron chi connectivity index (χ2n) is 3.94. The van der Waals surface area contributed by atoms with Gasteiger partial charge in [0.15, 0.2) is 0 Å². The Morgan fingerprint density at radius 3 is 3.06 bits per heavy atom. The van der Waals surface area contributed by atoms with Gasteiger partial charge in [-0.25, -0.2) is 9.97 Å². The zero-order chi connectivity index (χ0) is 11.5. The smallest absolute Gasteiger partial charge is 0.134 e. The van der Waals surface area contributed by atoms with Crippen molar-refractivity contribution in [3.05, 3.63) is 17.0 Å². The average Bonchev–Trinajstić information content (AvgIpc) is 2.28. The summed E-state index contributed by atoms with van der Waals surface area (Å²) in [7, 11) is 0. The number of aromatic nitrogens is 2. The van der Waals surface area contributed by atoms with Gasteiger partial charge in [-0.05, 0) is 13.3 Å². The fraction of sp³-hybridized carbons (Fsp3) is 0.636. The van der Waals surface area contributed by atoms with Gasteiger partial charge in [-0.15, -0.1) is 0 Å². The lowest BCUT2D eigenvalue weighted by Gasteiger charge is -2.33. The standard InChI is InChI=1S/C11H16ClN3O/c1-3-9-7-15(4-5-16-9)11-6-10(12)13-8(2)14-11/h6,9H,3-5,7H2,1-2H3. The fourth-order valence-electron chi connectivity index (χ4n) is 1.85. The van der Waals surface area contributed by atoms with E-state index in [0.717, 1.165) is 31.9 Å². The third kappa shape index (κ3) is 2.62. The van der Waals surface area contributed by atoms with Crippen LogP contribution in [0.3, 0.4) is 0 Å². The molecule has 4 nitrogen and oxygen atoms in total. The maximum absolute atomic E-state index is 5.93. The summed E-state index contributed by atoms with van der Waals surface area (Å²) in [6.45, 7) is 6.48. The van der Waals surface area contributed by atoms with Gasteiger partial charge >= 0.3 is 0 Å². The third-order valence-corrected chi connectivity index (χ3v) is 2.90. The first-order valence-electron chi connectivity index (χ1n) is 5.56. The molecule has 0 N–H and O–H groups in total. The molecule has 1 unspecified atom stereocenters. The van der Waals surface area contributed by atoms with Gasteiger partial charge in [0.2, 0.25) is 0 Å². The summed E-state index contributed by atoms with van der Waals surface area (Å²) in [4.78, 5) is 10.7. The van der Waals surface area contributed by atoms with Crippen LogP contribution in [0.25, 0.3) is 0 Å². The molecule has 1 aromatic rings. The number of anilines is 1. The number of rotatable bonds is 2. The monoisotopic (exact) mass is 241 g/mol. The molecule has 1 saturated heterocycles. The van der Waals surface area contributed by atoms with Crippen molar-refractivity contribution in [2.45, 2.75) is 26.4 Å². The highest BCUT2D eigenvalue weighted by Crippen LogP contribution is 2.19. The minimum absolute atomic E-state index is 0.294. The van der Waals surface area contributed by atoms with Crippen molar-refractivity contribution in [3.63, 3.8) is 0 Å². The van der Waals surface area contributed by atoms with E-state index in [1.807, 2.05) is 13.0 Å². The summed E-state index contributed by atoms with van der Waals surface area (Å²) >= 11 is 5.93. The summed E-state index contributed by atoms with van der Waals surface area (Å²) in [6.07, 6.45) is 1.32. The molecule has 1 atom stereocenters. The zero-order valence-corrected chi connectivity index (χ0v) is 10.4. The molecule has 1 fully saturated rings. The minimum Gasteiger partial charge on any atom is -0.375 e. The molecule has 0 radical (unpaired) electrons. The maximum atomic E-state index is 5.93. The zero-order valence-electron chi connectivity index (χ0n) is 9.61. The predicted molar refractivity (Wildman–Crippen MR) is 64.0 cm³/mol. The van der Waals surface area contributed by atoms with Crippen LogP contribution in [0, 0.1) is 6.92 Å². The van der Waals surface area contributed by atoms with Crippen molar-refractivity contribution in [2.75, 3.05) is 24.6 Å². The quantitative estimate of drug-likeness (QED) is 0.743. The van der Waals surface area contributed by atoms with Crippen LogP contribution in [0.5, 0.6) is 0 Å². The molecule has 88 valence electrons. The molecule has 16 heavy (non-hydrogen) atoms. The molecule has 0 aromatic carbocycles. The molecule has 0 amide bonds. The van der Waals surface area contributed by atoms with Crippen LogP contribution in [0.15, 0.2) is 6.07 Å². The van der Waals surface area contributed by atoms with Crippen LogP contribution in [0.1, 0.15) is 19.2 Å². The molecule has 1 aromatic heterocycles. The Kier molecular flexibility index (Phi) is 3.61. The molecule has 5 heteroatoms. The van der Waals surface area contributed by atoms with Crippen LogP contribution in [-0.4, -0.2) is 35.8 Å². The Morgan fingerprint density at radius 1 is 1.56 bits per heavy atom. The number of ether oxygens (including phenoxy) is 1. The lowest BCUT2D eigenvalue weighted by molar-refractivity contribution is 0.0381. The van der Waals surface area contributed by atoms with Crippen molar-refractivity contribution >= 4 is 17.4 Å². The number of halogens is 1. The Bertz CT molecular complexity index is 352. The SMILES string of the molecule is CCC1CN(c2cc(Cl)nc(C)n2)CCO1. The number of aryl methyl sites for hydroxylation is 1. The Hall–Kier alpha value is -0.870. The molecule has 2 heterocycles. The molecule has 0 saturated carbocycles. The Morgan fingerprint density at radius 2 is 2.38 bits per heavy atom. The normalized spacial score (nSPS) is 21.2. The highest BCUT2D eigenvalue weighted by molar-refractivity contribution is 6.29. The van der Waals surface area contributed by atoms with Crippen LogP contribution in [0.4, 0.5) is 5.82 Å². The molecular weight excluding hydrogens is 226 g/mol. The number of hydrogen-bond acceptors (Lipinski definition) is 4. The highest BCUT2D eigenvalue weighted by Gasteiger charge is 2.20. The Balaban J connectivity index is 2.16. The summed E-state index contributed by atoms with van der Waals surface area (Å²) in [5.41, 5.74) is 0. The van der Waals surface area contributed by atoms with Crippen LogP contribution in [0.2, 0.25) is 5.15 Å². The van der Waals surface area contributed by atoms with E-state index in [4.69, 9.17) is 16.3 Å². The molecule has 0 aliphatic carbocycles. The third-order valence-electron chi connectivity index (χ3n) is 2.71. The van der Waals surface area contributed by atoms with Crippen molar-refractivity contribution in [2.24, 2.45) is 0 Å². The van der Waals surface area contributed by atoms with Crippen LogP contribution < -0.4 is 4.90 Å². The van der Waals surface area contributed by atoms with E-state index in [-0.39, 0.29) is 0 Å². The topological polar surface area (TPSA) is 38.2 Å². The molecule has 0 spiro atoms. The number of nitrogens with zero attached hydrogens (tertiary/aromatic N) is 3. The minimum atomic E-state index is 0.294. The van der Waals surface area contributed by atoms with Gasteiger partial charge in [0.1, 0.15) is 16.8 Å². The first-order chi connectivity index (χ1) is 7.69. The summed E-state index contributed by atoms with van der Waals surface area (Å²) in [5.74, 6) is 1.61. The lowest BCUT2D eigenvalue weighted by Crippen LogP contribution is -2.42. The van der Waals surface area contributed by atoms with Crippen LogP contribution >= 0.6 is 11.6 Å². The van der Waals surface area contributed by atoms with Gasteiger partial charge in [0.05, 0.1) is 12.7 Å². The van der Waals surface area contributed by atoms with Crippen molar-refractivity contribution < 1.29 is 4.74 Å². The number of hydrogen-bond donors (Lipinski definition) is 0. The maximum Gasteiger partial charge on any atom is 0.134 e. The summed E-state index contributed by atoms with van der Waals surface area (Å²) < 4.78 is 5.62. The van der Waals surface area contributed by atoms with E-state index in [9.17, 15) is 0 Å². The van der Waals surface area contributed by atoms with E-state index in [1.165, 1.54) is 0 Å². The van der Waals surface area contributed by atoms with Crippen LogP contribution in [-0.2, 0) is 4.74 Å². The van der Waals surface area contributed by atoms with Gasteiger partial charge in [-0.2, -0.15) is 0 Å². The molecule has 0 bridgehead atoms. The second-order valence-corrected chi connectivity index (χ2v) is 4.33. The average molecular weight is 242 g/mol. The predicted octanol–water partition coefficient (Wildman–Crippen LogP) is 2.05. The highest BCUT2D eigenvalue weighted by atomic mass is 35.5. The van der Waals surface area contributed by atoms with E-state index in [1.54, 1.807) is 0 Å². The van der Waals surface area contributed by atoms with Crippen molar-refractivity contribution in [1.82, 2.24) is 9.97 Å². The molecule has 1 aliphatic heterocycles. The second kappa shape index (κ2) is 4.97. The first-order valence-corrected chi connectivity index (χ1v) is 5.94. The van der Waals surface area contributed by atoms with Gasteiger partial charge in [-0.1, -0.05) is 18.5 Å². The van der Waals surface area contributed by atoms with E-state index < -0.39 is 0 Å². The summed E-state index contributed by atoms with van der Waals surface area (Å²) in [5, 5.41) is 0.502. The fourth-order valence-corrected chi connectivity index (χ4v) is 2.07. The van der Waals surface area contributed by atoms with Crippen molar-refractivity contribution in [1.29, 1.82) is 0 Å². The van der Waals surface area contributed by atoms with Gasteiger partial charge in [-0.3, -0.25) is 0 Å². The summed E-state index contributed by atoms with van der Waals surface area (Å²) in [6, 6.07) is 1.81. The Labute approximate surface area is 101 Å². The molecular formula is C11H16ClN3O. The van der Waals surface area contributed by atoms with Gasteiger partial charge in [0.25, 0.3) is 0 Å².